The van der Waals surface area contributed by atoms with Gasteiger partial charge in [-0.05, 0) is 19.4 Å². The van der Waals surface area contributed by atoms with Crippen LogP contribution in [-0.2, 0) is 0 Å². The Labute approximate surface area is 115 Å². The zero-order chi connectivity index (χ0) is 13.7. The second-order valence-corrected chi connectivity index (χ2v) is 4.78. The van der Waals surface area contributed by atoms with Gasteiger partial charge in [0.05, 0.1) is 6.04 Å². The third kappa shape index (κ3) is 3.07. The first-order chi connectivity index (χ1) is 9.27. The normalized spacial score (nSPS) is 19.3. The van der Waals surface area contributed by atoms with Crippen LogP contribution in [0.2, 0.25) is 0 Å². The molecule has 2 rings (SSSR count). The monoisotopic (exact) mass is 261 g/mol. The van der Waals surface area contributed by atoms with E-state index in [4.69, 9.17) is 0 Å². The highest BCUT2D eigenvalue weighted by molar-refractivity contribution is 5.75. The predicted molar refractivity (Wildman–Crippen MR) is 77.1 cm³/mol. The van der Waals surface area contributed by atoms with Crippen molar-refractivity contribution in [1.29, 1.82) is 0 Å². The molecule has 0 spiro atoms. The van der Waals surface area contributed by atoms with E-state index in [1.165, 1.54) is 5.56 Å². The van der Waals surface area contributed by atoms with Crippen LogP contribution in [0.3, 0.4) is 0 Å². The van der Waals surface area contributed by atoms with Crippen molar-refractivity contribution >= 4 is 6.03 Å². The highest BCUT2D eigenvalue weighted by Crippen LogP contribution is 2.23. The fraction of sp³-hybridized carbons (Fsp3) is 0.533. The predicted octanol–water partition coefficient (Wildman–Crippen LogP) is 2.09. The van der Waals surface area contributed by atoms with Crippen molar-refractivity contribution in [2.45, 2.75) is 19.9 Å². The van der Waals surface area contributed by atoms with E-state index in [2.05, 4.69) is 17.4 Å². The van der Waals surface area contributed by atoms with Crippen LogP contribution in [0, 0.1) is 0 Å². The summed E-state index contributed by atoms with van der Waals surface area (Å²) in [5.41, 5.74) is 1.20. The lowest BCUT2D eigenvalue weighted by atomic mass is 10.0. The third-order valence-electron chi connectivity index (χ3n) is 3.71. The zero-order valence-electron chi connectivity index (χ0n) is 11.8. The summed E-state index contributed by atoms with van der Waals surface area (Å²) in [6, 6.07) is 10.6. The highest BCUT2D eigenvalue weighted by Gasteiger charge is 2.29. The minimum absolute atomic E-state index is 0.142. The average molecular weight is 261 g/mol. The van der Waals surface area contributed by atoms with Gasteiger partial charge in [-0.25, -0.2) is 4.79 Å². The Morgan fingerprint density at radius 2 is 2.00 bits per heavy atom. The number of nitrogens with one attached hydrogen (secondary N) is 1. The number of urea groups is 1. The molecular weight excluding hydrogens is 238 g/mol. The van der Waals surface area contributed by atoms with Crippen LogP contribution in [0.4, 0.5) is 4.79 Å². The fourth-order valence-corrected chi connectivity index (χ4v) is 2.58. The molecule has 1 N–H and O–H groups in total. The van der Waals surface area contributed by atoms with Crippen LogP contribution in [-0.4, -0.2) is 48.6 Å². The van der Waals surface area contributed by atoms with E-state index in [-0.39, 0.29) is 12.1 Å². The summed E-state index contributed by atoms with van der Waals surface area (Å²) in [5.74, 6) is 0. The smallest absolute Gasteiger partial charge is 0.320 e. The standard InChI is InChI=1S/C15H23N3O/c1-3-17(4-2)15(19)18-11-10-16-12-14(18)13-8-6-5-7-9-13/h5-9,14,16H,3-4,10-12H2,1-2H3. The molecule has 0 aromatic heterocycles. The third-order valence-corrected chi connectivity index (χ3v) is 3.71. The minimum atomic E-state index is 0.142. The molecule has 104 valence electrons. The van der Waals surface area contributed by atoms with Crippen molar-refractivity contribution < 1.29 is 4.79 Å². The van der Waals surface area contributed by atoms with E-state index in [9.17, 15) is 4.79 Å². The van der Waals surface area contributed by atoms with Gasteiger partial charge >= 0.3 is 6.03 Å². The van der Waals surface area contributed by atoms with Gasteiger partial charge in [-0.3, -0.25) is 0 Å². The Morgan fingerprint density at radius 1 is 1.32 bits per heavy atom. The lowest BCUT2D eigenvalue weighted by Crippen LogP contribution is -2.53. The molecule has 1 fully saturated rings. The summed E-state index contributed by atoms with van der Waals surface area (Å²) in [5, 5.41) is 3.38. The number of nitrogens with zero attached hydrogens (tertiary/aromatic N) is 2. The van der Waals surface area contributed by atoms with Crippen molar-refractivity contribution in [3.63, 3.8) is 0 Å². The summed E-state index contributed by atoms with van der Waals surface area (Å²) < 4.78 is 0. The highest BCUT2D eigenvalue weighted by atomic mass is 16.2. The van der Waals surface area contributed by atoms with E-state index < -0.39 is 0 Å². The van der Waals surface area contributed by atoms with E-state index in [0.717, 1.165) is 32.7 Å². The molecule has 0 radical (unpaired) electrons. The quantitative estimate of drug-likeness (QED) is 0.904. The number of carbonyl (C=O) groups is 1. The van der Waals surface area contributed by atoms with Crippen LogP contribution in [0.1, 0.15) is 25.5 Å². The minimum Gasteiger partial charge on any atom is -0.325 e. The van der Waals surface area contributed by atoms with E-state index in [1.807, 2.05) is 41.8 Å². The maximum atomic E-state index is 12.6. The average Bonchev–Trinajstić information content (AvgIpc) is 2.49. The van der Waals surface area contributed by atoms with Crippen molar-refractivity contribution in [2.24, 2.45) is 0 Å². The van der Waals surface area contributed by atoms with E-state index >= 15 is 0 Å². The fourth-order valence-electron chi connectivity index (χ4n) is 2.58. The Hall–Kier alpha value is -1.55. The number of hydrogen-bond donors (Lipinski definition) is 1. The SMILES string of the molecule is CCN(CC)C(=O)N1CCNCC1c1ccccc1. The molecule has 1 unspecified atom stereocenters. The van der Waals surface area contributed by atoms with Crippen LogP contribution < -0.4 is 5.32 Å². The van der Waals surface area contributed by atoms with Crippen molar-refractivity contribution in [1.82, 2.24) is 15.1 Å². The number of carbonyl (C=O) groups excluding carboxylic acids is 1. The van der Waals surface area contributed by atoms with Crippen LogP contribution >= 0.6 is 0 Å². The molecule has 0 aliphatic carbocycles. The molecule has 1 aliphatic heterocycles. The first kappa shape index (κ1) is 13.9. The lowest BCUT2D eigenvalue weighted by Gasteiger charge is -2.39. The van der Waals surface area contributed by atoms with E-state index in [1.54, 1.807) is 0 Å². The van der Waals surface area contributed by atoms with Gasteiger partial charge in [0.2, 0.25) is 0 Å². The van der Waals surface area contributed by atoms with E-state index in [0.29, 0.717) is 0 Å². The Kier molecular flexibility index (Phi) is 4.80. The Morgan fingerprint density at radius 3 is 2.63 bits per heavy atom. The van der Waals surface area contributed by atoms with Crippen molar-refractivity contribution in [3.8, 4) is 0 Å². The Balaban J connectivity index is 2.19. The van der Waals surface area contributed by atoms with Gasteiger partial charge in [-0.15, -0.1) is 0 Å². The lowest BCUT2D eigenvalue weighted by molar-refractivity contribution is 0.124. The number of hydrogen-bond acceptors (Lipinski definition) is 2. The molecule has 1 heterocycles. The van der Waals surface area contributed by atoms with Crippen molar-refractivity contribution in [2.75, 3.05) is 32.7 Å². The molecule has 1 aromatic rings. The molecule has 2 amide bonds. The maximum absolute atomic E-state index is 12.6. The van der Waals surface area contributed by atoms with Crippen molar-refractivity contribution in [3.05, 3.63) is 35.9 Å². The van der Waals surface area contributed by atoms with Gasteiger partial charge in [-0.1, -0.05) is 30.3 Å². The van der Waals surface area contributed by atoms with Gasteiger partial charge in [0.15, 0.2) is 0 Å². The number of rotatable bonds is 3. The summed E-state index contributed by atoms with van der Waals surface area (Å²) in [6.07, 6.45) is 0. The first-order valence-electron chi connectivity index (χ1n) is 7.09. The molecule has 1 saturated heterocycles. The Bertz CT molecular complexity index is 403. The first-order valence-corrected chi connectivity index (χ1v) is 7.09. The topological polar surface area (TPSA) is 35.6 Å². The second kappa shape index (κ2) is 6.57. The summed E-state index contributed by atoms with van der Waals surface area (Å²) in [6.45, 7) is 8.06. The van der Waals surface area contributed by atoms with Crippen LogP contribution in [0.15, 0.2) is 30.3 Å². The molecule has 4 heteroatoms. The summed E-state index contributed by atoms with van der Waals surface area (Å²) >= 11 is 0. The second-order valence-electron chi connectivity index (χ2n) is 4.78. The number of piperazine rings is 1. The zero-order valence-corrected chi connectivity index (χ0v) is 11.8. The van der Waals surface area contributed by atoms with Gasteiger partial charge in [0, 0.05) is 32.7 Å². The van der Waals surface area contributed by atoms with Gasteiger partial charge < -0.3 is 15.1 Å². The van der Waals surface area contributed by atoms with Crippen LogP contribution in [0.25, 0.3) is 0 Å². The molecule has 1 aliphatic rings. The summed E-state index contributed by atoms with van der Waals surface area (Å²) in [4.78, 5) is 16.5. The molecule has 4 nitrogen and oxygen atoms in total. The molecule has 1 aromatic carbocycles. The van der Waals surface area contributed by atoms with Gasteiger partial charge in [0.25, 0.3) is 0 Å². The summed E-state index contributed by atoms with van der Waals surface area (Å²) in [7, 11) is 0. The molecule has 0 bridgehead atoms. The van der Waals surface area contributed by atoms with Gasteiger partial charge in [-0.2, -0.15) is 0 Å². The number of amides is 2. The molecular formula is C15H23N3O. The largest absolute Gasteiger partial charge is 0.325 e. The number of benzene rings is 1. The molecule has 0 saturated carbocycles. The molecule has 1 atom stereocenters. The maximum Gasteiger partial charge on any atom is 0.320 e. The van der Waals surface area contributed by atoms with Gasteiger partial charge in [0.1, 0.15) is 0 Å². The van der Waals surface area contributed by atoms with Crippen LogP contribution in [0.5, 0.6) is 0 Å². The molecule has 19 heavy (non-hydrogen) atoms.